The summed E-state index contributed by atoms with van der Waals surface area (Å²) in [5.41, 5.74) is -0.291. The van der Waals surface area contributed by atoms with Gasteiger partial charge in [0, 0.05) is 6.54 Å². The molecule has 1 aromatic carbocycles. The predicted octanol–water partition coefficient (Wildman–Crippen LogP) is 1.67. The van der Waals surface area contributed by atoms with E-state index in [2.05, 4.69) is 10.0 Å². The van der Waals surface area contributed by atoms with E-state index in [9.17, 15) is 22.4 Å². The Bertz CT molecular complexity index is 719. The van der Waals surface area contributed by atoms with Crippen LogP contribution in [0.1, 0.15) is 30.6 Å². The van der Waals surface area contributed by atoms with E-state index in [-0.39, 0.29) is 23.7 Å². The van der Waals surface area contributed by atoms with E-state index in [1.807, 2.05) is 13.8 Å². The third-order valence-corrected chi connectivity index (χ3v) is 3.73. The maximum atomic E-state index is 13.4. The number of carboxylic acid groups (broad SMARTS) is 1. The lowest BCUT2D eigenvalue weighted by atomic mass is 9.97. The molecule has 9 heteroatoms. The second kappa shape index (κ2) is 8.09. The zero-order valence-electron chi connectivity index (χ0n) is 13.7. The molecule has 0 bridgehead atoms. The molecular formula is C15H21FN2O5S. The highest BCUT2D eigenvalue weighted by atomic mass is 32.2. The number of halogens is 1. The van der Waals surface area contributed by atoms with Gasteiger partial charge >= 0.3 is 5.97 Å². The minimum Gasteiger partial charge on any atom is -0.481 e. The van der Waals surface area contributed by atoms with Crippen molar-refractivity contribution in [1.29, 1.82) is 0 Å². The average Bonchev–Trinajstić information content (AvgIpc) is 2.43. The van der Waals surface area contributed by atoms with Crippen LogP contribution in [0.4, 0.5) is 10.1 Å². The van der Waals surface area contributed by atoms with Crippen molar-refractivity contribution < 1.29 is 27.5 Å². The molecule has 1 rings (SSSR count). The van der Waals surface area contributed by atoms with Crippen LogP contribution in [0.3, 0.4) is 0 Å². The highest BCUT2D eigenvalue weighted by Gasteiger charge is 2.21. The van der Waals surface area contributed by atoms with Gasteiger partial charge in [0.1, 0.15) is 5.82 Å². The number of carbonyl (C=O) groups is 2. The molecule has 1 aromatic rings. The van der Waals surface area contributed by atoms with E-state index in [1.165, 1.54) is 0 Å². The maximum absolute atomic E-state index is 13.4. The fourth-order valence-corrected chi connectivity index (χ4v) is 2.72. The molecular weight excluding hydrogens is 339 g/mol. The van der Waals surface area contributed by atoms with Gasteiger partial charge in [-0.2, -0.15) is 0 Å². The van der Waals surface area contributed by atoms with Crippen LogP contribution in [0, 0.1) is 17.7 Å². The molecule has 0 saturated heterocycles. The number of nitrogens with one attached hydrogen (secondary N) is 2. The first-order valence-corrected chi connectivity index (χ1v) is 9.17. The van der Waals surface area contributed by atoms with Gasteiger partial charge in [0.05, 0.1) is 23.4 Å². The van der Waals surface area contributed by atoms with Gasteiger partial charge < -0.3 is 10.4 Å². The van der Waals surface area contributed by atoms with Crippen LogP contribution in [0.25, 0.3) is 0 Å². The minimum atomic E-state index is -3.65. The van der Waals surface area contributed by atoms with Crippen LogP contribution in [0.15, 0.2) is 18.2 Å². The molecule has 0 heterocycles. The summed E-state index contributed by atoms with van der Waals surface area (Å²) in [5, 5.41) is 11.6. The molecule has 1 amide bonds. The molecule has 0 radical (unpaired) electrons. The predicted molar refractivity (Wildman–Crippen MR) is 87.8 cm³/mol. The second-order valence-electron chi connectivity index (χ2n) is 5.94. The number of carbonyl (C=O) groups excluding carboxylic acids is 1. The van der Waals surface area contributed by atoms with Gasteiger partial charge in [-0.15, -0.1) is 0 Å². The Balaban J connectivity index is 2.94. The molecule has 0 spiro atoms. The Morgan fingerprint density at radius 1 is 1.29 bits per heavy atom. The first-order chi connectivity index (χ1) is 11.0. The summed E-state index contributed by atoms with van der Waals surface area (Å²) < 4.78 is 38.2. The molecule has 0 fully saturated rings. The SMILES string of the molecule is CC(C)CC(CNC(=O)c1cc(F)ccc1NS(C)(=O)=O)C(=O)O. The zero-order chi connectivity index (χ0) is 18.5. The molecule has 1 unspecified atom stereocenters. The smallest absolute Gasteiger partial charge is 0.308 e. The molecule has 0 aliphatic rings. The summed E-state index contributed by atoms with van der Waals surface area (Å²) in [5.74, 6) is -3.17. The third-order valence-electron chi connectivity index (χ3n) is 3.14. The molecule has 24 heavy (non-hydrogen) atoms. The van der Waals surface area contributed by atoms with Crippen molar-refractivity contribution in [2.75, 3.05) is 17.5 Å². The third kappa shape index (κ3) is 6.53. The number of anilines is 1. The summed E-state index contributed by atoms with van der Waals surface area (Å²) in [6, 6.07) is 3.04. The van der Waals surface area contributed by atoms with E-state index in [0.29, 0.717) is 6.42 Å². The summed E-state index contributed by atoms with van der Waals surface area (Å²) in [6.45, 7) is 3.58. The monoisotopic (exact) mass is 360 g/mol. The average molecular weight is 360 g/mol. The minimum absolute atomic E-state index is 0.0767. The van der Waals surface area contributed by atoms with Gasteiger partial charge in [0.25, 0.3) is 5.91 Å². The zero-order valence-corrected chi connectivity index (χ0v) is 14.5. The van der Waals surface area contributed by atoms with Gasteiger partial charge in [0.2, 0.25) is 10.0 Å². The summed E-state index contributed by atoms with van der Waals surface area (Å²) in [7, 11) is -3.65. The van der Waals surface area contributed by atoms with Gasteiger partial charge in [-0.3, -0.25) is 14.3 Å². The van der Waals surface area contributed by atoms with E-state index in [0.717, 1.165) is 24.5 Å². The first kappa shape index (κ1) is 19.9. The van der Waals surface area contributed by atoms with Gasteiger partial charge in [0.15, 0.2) is 0 Å². The lowest BCUT2D eigenvalue weighted by Crippen LogP contribution is -2.34. The van der Waals surface area contributed by atoms with Gasteiger partial charge in [-0.25, -0.2) is 12.8 Å². The van der Waals surface area contributed by atoms with Crippen molar-refractivity contribution in [2.45, 2.75) is 20.3 Å². The Hall–Kier alpha value is -2.16. The van der Waals surface area contributed by atoms with Crippen LogP contribution in [-0.2, 0) is 14.8 Å². The fourth-order valence-electron chi connectivity index (χ4n) is 2.14. The lowest BCUT2D eigenvalue weighted by molar-refractivity contribution is -0.142. The molecule has 0 aromatic heterocycles. The number of sulfonamides is 1. The van der Waals surface area contributed by atoms with E-state index < -0.39 is 33.6 Å². The number of aliphatic carboxylic acids is 1. The number of rotatable bonds is 8. The molecule has 0 aliphatic heterocycles. The van der Waals surface area contributed by atoms with Crippen LogP contribution in [0.2, 0.25) is 0 Å². The molecule has 0 saturated carbocycles. The summed E-state index contributed by atoms with van der Waals surface area (Å²) >= 11 is 0. The normalized spacial score (nSPS) is 12.7. The standard InChI is InChI=1S/C15H21FN2O5S/c1-9(2)6-10(15(20)21)8-17-14(19)12-7-11(16)4-5-13(12)18-24(3,22)23/h4-5,7,9-10,18H,6,8H2,1-3H3,(H,17,19)(H,20,21). The maximum Gasteiger partial charge on any atom is 0.308 e. The number of amides is 1. The van der Waals surface area contributed by atoms with Crippen LogP contribution >= 0.6 is 0 Å². The van der Waals surface area contributed by atoms with Crippen molar-refractivity contribution in [3.63, 3.8) is 0 Å². The highest BCUT2D eigenvalue weighted by molar-refractivity contribution is 7.92. The Kier molecular flexibility index (Phi) is 6.70. The molecule has 3 N–H and O–H groups in total. The van der Waals surface area contributed by atoms with E-state index in [1.54, 1.807) is 0 Å². The number of hydrogen-bond acceptors (Lipinski definition) is 4. The van der Waals surface area contributed by atoms with Crippen LogP contribution < -0.4 is 10.0 Å². The molecule has 1 atom stereocenters. The van der Waals surface area contributed by atoms with Crippen LogP contribution in [-0.4, -0.2) is 38.2 Å². The Labute approximate surface area is 140 Å². The fraction of sp³-hybridized carbons (Fsp3) is 0.467. The number of benzene rings is 1. The first-order valence-electron chi connectivity index (χ1n) is 7.28. The second-order valence-corrected chi connectivity index (χ2v) is 7.69. The van der Waals surface area contributed by atoms with Gasteiger partial charge in [-0.05, 0) is 30.5 Å². The highest BCUT2D eigenvalue weighted by Crippen LogP contribution is 2.19. The van der Waals surface area contributed by atoms with Crippen molar-refractivity contribution >= 4 is 27.6 Å². The Morgan fingerprint density at radius 3 is 2.42 bits per heavy atom. The largest absolute Gasteiger partial charge is 0.481 e. The molecule has 0 aliphatic carbocycles. The lowest BCUT2D eigenvalue weighted by Gasteiger charge is -2.16. The van der Waals surface area contributed by atoms with E-state index in [4.69, 9.17) is 5.11 Å². The van der Waals surface area contributed by atoms with Crippen molar-refractivity contribution in [1.82, 2.24) is 5.32 Å². The summed E-state index contributed by atoms with van der Waals surface area (Å²) in [4.78, 5) is 23.4. The number of carboxylic acids is 1. The van der Waals surface area contributed by atoms with Crippen molar-refractivity contribution in [3.8, 4) is 0 Å². The quantitative estimate of drug-likeness (QED) is 0.653. The molecule has 7 nitrogen and oxygen atoms in total. The Morgan fingerprint density at radius 2 is 1.92 bits per heavy atom. The van der Waals surface area contributed by atoms with Crippen molar-refractivity contribution in [3.05, 3.63) is 29.6 Å². The topological polar surface area (TPSA) is 113 Å². The number of hydrogen-bond donors (Lipinski definition) is 3. The molecule has 134 valence electrons. The van der Waals surface area contributed by atoms with E-state index >= 15 is 0 Å². The summed E-state index contributed by atoms with van der Waals surface area (Å²) in [6.07, 6.45) is 1.27. The van der Waals surface area contributed by atoms with Crippen LogP contribution in [0.5, 0.6) is 0 Å². The van der Waals surface area contributed by atoms with Crippen molar-refractivity contribution in [2.24, 2.45) is 11.8 Å². The van der Waals surface area contributed by atoms with Gasteiger partial charge in [-0.1, -0.05) is 13.8 Å².